The standard InChI is InChI=1S/C46H56N6O5S2/c1-5-56-32-40-50-42-43(52(40)33-45(2,3)51-59(4,54)55)38-26-25-37(31-39(38)49-44(42)47)57-29-18-7-6-17-28-48-41(53)27-30-58-46(34-19-11-8-12-20-34,35-21-13-9-14-22-35)36-23-15-10-16-24-36/h8-16,19-26,31,51H,5-7,17-18,27-30,32-33H2,1-4H3,(H2,47,49)(H,48,53). The Balaban J connectivity index is 0.991. The molecule has 0 saturated heterocycles. The molecule has 0 unspecified atom stereocenters. The van der Waals surface area contributed by atoms with Crippen LogP contribution in [0.25, 0.3) is 21.9 Å². The van der Waals surface area contributed by atoms with E-state index in [9.17, 15) is 13.2 Å². The minimum absolute atomic E-state index is 0.0644. The van der Waals surface area contributed by atoms with Gasteiger partial charge in [-0.25, -0.2) is 23.1 Å². The lowest BCUT2D eigenvalue weighted by Gasteiger charge is -2.35. The Labute approximate surface area is 352 Å². The molecular formula is C46H56N6O5S2. The van der Waals surface area contributed by atoms with E-state index in [1.807, 2.05) is 61.7 Å². The zero-order valence-electron chi connectivity index (χ0n) is 34.4. The van der Waals surface area contributed by atoms with Gasteiger partial charge in [0.15, 0.2) is 5.82 Å². The lowest BCUT2D eigenvalue weighted by Crippen LogP contribution is -2.46. The van der Waals surface area contributed by atoms with Crippen molar-refractivity contribution in [1.82, 2.24) is 24.6 Å². The minimum Gasteiger partial charge on any atom is -0.494 e. The lowest BCUT2D eigenvalue weighted by molar-refractivity contribution is -0.120. The molecule has 6 aromatic rings. The molecule has 0 radical (unpaired) electrons. The van der Waals surface area contributed by atoms with Crippen LogP contribution in [0.15, 0.2) is 109 Å². The van der Waals surface area contributed by atoms with Gasteiger partial charge in [0, 0.05) is 48.9 Å². The third-order valence-electron chi connectivity index (χ3n) is 10.1. The summed E-state index contributed by atoms with van der Waals surface area (Å²) < 4.78 is 40.4. The van der Waals surface area contributed by atoms with Gasteiger partial charge < -0.3 is 25.1 Å². The number of pyridine rings is 1. The largest absolute Gasteiger partial charge is 0.494 e. The molecule has 59 heavy (non-hydrogen) atoms. The maximum Gasteiger partial charge on any atom is 0.220 e. The fourth-order valence-electron chi connectivity index (χ4n) is 7.58. The summed E-state index contributed by atoms with van der Waals surface area (Å²) in [6.07, 6.45) is 5.29. The van der Waals surface area contributed by atoms with Gasteiger partial charge in [-0.15, -0.1) is 11.8 Å². The molecule has 0 saturated carbocycles. The summed E-state index contributed by atoms with van der Waals surface area (Å²) in [6, 6.07) is 37.4. The van der Waals surface area contributed by atoms with Crippen LogP contribution in [0.3, 0.4) is 0 Å². The fraction of sp³-hybridized carbons (Fsp3) is 0.370. The maximum atomic E-state index is 13.0. The van der Waals surface area contributed by atoms with Crippen molar-refractivity contribution in [2.45, 2.75) is 76.3 Å². The van der Waals surface area contributed by atoms with Crippen LogP contribution in [-0.4, -0.2) is 66.2 Å². The normalized spacial score (nSPS) is 12.3. The zero-order valence-corrected chi connectivity index (χ0v) is 36.1. The topological polar surface area (TPSA) is 150 Å². The summed E-state index contributed by atoms with van der Waals surface area (Å²) >= 11 is 1.80. The Morgan fingerprint density at radius 3 is 2.05 bits per heavy atom. The Hall–Kier alpha value is -4.95. The number of nitrogen functional groups attached to an aromatic ring is 1. The molecule has 0 atom stereocenters. The van der Waals surface area contributed by atoms with Crippen LogP contribution < -0.4 is 20.5 Å². The van der Waals surface area contributed by atoms with E-state index >= 15 is 0 Å². The second-order valence-corrected chi connectivity index (χ2v) is 18.4. The highest BCUT2D eigenvalue weighted by Gasteiger charge is 2.37. The number of thioether (sulfide) groups is 1. The van der Waals surface area contributed by atoms with Crippen molar-refractivity contribution in [3.63, 3.8) is 0 Å². The molecular weight excluding hydrogens is 781 g/mol. The van der Waals surface area contributed by atoms with Gasteiger partial charge in [0.05, 0.1) is 28.6 Å². The second-order valence-electron chi connectivity index (χ2n) is 15.4. The Morgan fingerprint density at radius 1 is 0.847 bits per heavy atom. The summed E-state index contributed by atoms with van der Waals surface area (Å²) in [5.41, 5.74) is 11.2. The number of sulfonamides is 1. The van der Waals surface area contributed by atoms with Crippen molar-refractivity contribution < 1.29 is 22.7 Å². The van der Waals surface area contributed by atoms with E-state index in [1.165, 1.54) is 16.7 Å². The van der Waals surface area contributed by atoms with Crippen LogP contribution in [0.4, 0.5) is 5.82 Å². The van der Waals surface area contributed by atoms with Crippen molar-refractivity contribution in [3.8, 4) is 5.75 Å². The van der Waals surface area contributed by atoms with E-state index in [0.717, 1.165) is 42.8 Å². The van der Waals surface area contributed by atoms with Gasteiger partial charge in [0.1, 0.15) is 23.7 Å². The van der Waals surface area contributed by atoms with E-state index in [4.69, 9.17) is 20.2 Å². The summed E-state index contributed by atoms with van der Waals surface area (Å²) in [6.45, 7) is 7.80. The number of amides is 1. The average Bonchev–Trinajstić information content (AvgIpc) is 3.57. The molecule has 0 bridgehead atoms. The monoisotopic (exact) mass is 836 g/mol. The van der Waals surface area contributed by atoms with Crippen LogP contribution in [0.5, 0.6) is 5.75 Å². The number of hydrogen-bond donors (Lipinski definition) is 3. The predicted octanol–water partition coefficient (Wildman–Crippen LogP) is 8.20. The third kappa shape index (κ3) is 11.2. The van der Waals surface area contributed by atoms with E-state index in [0.29, 0.717) is 61.1 Å². The molecule has 0 fully saturated rings. The van der Waals surface area contributed by atoms with Crippen molar-refractivity contribution in [2.75, 3.05) is 37.5 Å². The number of nitrogens with zero attached hydrogens (tertiary/aromatic N) is 3. The third-order valence-corrected chi connectivity index (χ3v) is 12.5. The molecule has 312 valence electrons. The molecule has 2 aromatic heterocycles. The minimum atomic E-state index is -3.46. The number of carbonyl (C=O) groups excluding carboxylic acids is 1. The SMILES string of the molecule is CCOCc1nc2c(N)nc3cc(OCCCCCCNC(=O)CCSC(c4ccccc4)(c4ccccc4)c4ccccc4)ccc3c2n1CC(C)(C)NS(C)(=O)=O. The first-order valence-electron chi connectivity index (χ1n) is 20.3. The van der Waals surface area contributed by atoms with Gasteiger partial charge >= 0.3 is 0 Å². The summed E-state index contributed by atoms with van der Waals surface area (Å²) in [5, 5.41) is 3.96. The van der Waals surface area contributed by atoms with Crippen LogP contribution >= 0.6 is 11.8 Å². The maximum absolute atomic E-state index is 13.0. The first-order chi connectivity index (χ1) is 28.4. The smallest absolute Gasteiger partial charge is 0.220 e. The Morgan fingerprint density at radius 2 is 1.46 bits per heavy atom. The van der Waals surface area contributed by atoms with Crippen molar-refractivity contribution in [1.29, 1.82) is 0 Å². The molecule has 11 nitrogen and oxygen atoms in total. The van der Waals surface area contributed by atoms with Crippen molar-refractivity contribution in [3.05, 3.63) is 132 Å². The van der Waals surface area contributed by atoms with E-state index in [2.05, 4.69) is 87.8 Å². The highest BCUT2D eigenvalue weighted by molar-refractivity contribution is 8.00. The molecule has 0 aliphatic rings. The summed E-state index contributed by atoms with van der Waals surface area (Å²) in [5.74, 6) is 2.33. The number of carbonyl (C=O) groups is 1. The van der Waals surface area contributed by atoms with Crippen molar-refractivity contribution in [2.24, 2.45) is 0 Å². The number of aromatic nitrogens is 3. The van der Waals surface area contributed by atoms with Gasteiger partial charge in [-0.3, -0.25) is 4.79 Å². The molecule has 0 spiro atoms. The van der Waals surface area contributed by atoms with Crippen LogP contribution in [0, 0.1) is 0 Å². The lowest BCUT2D eigenvalue weighted by atomic mass is 9.84. The number of imidazole rings is 1. The number of hydrogen-bond acceptors (Lipinski definition) is 9. The zero-order chi connectivity index (χ0) is 41.9. The molecule has 0 aliphatic heterocycles. The highest BCUT2D eigenvalue weighted by Crippen LogP contribution is 2.48. The van der Waals surface area contributed by atoms with Gasteiger partial charge in [-0.05, 0) is 62.4 Å². The summed E-state index contributed by atoms with van der Waals surface area (Å²) in [7, 11) is -3.46. The molecule has 4 aromatic carbocycles. The summed E-state index contributed by atoms with van der Waals surface area (Å²) in [4.78, 5) is 22.4. The molecule has 0 aliphatic carbocycles. The van der Waals surface area contributed by atoms with Gasteiger partial charge in [-0.2, -0.15) is 0 Å². The van der Waals surface area contributed by atoms with E-state index in [-0.39, 0.29) is 18.3 Å². The fourth-order valence-corrected chi connectivity index (χ4v) is 10.2. The number of nitrogens with one attached hydrogen (secondary N) is 2. The van der Waals surface area contributed by atoms with E-state index < -0.39 is 20.3 Å². The van der Waals surface area contributed by atoms with Crippen LogP contribution in [0.1, 0.15) is 75.4 Å². The van der Waals surface area contributed by atoms with Crippen LogP contribution in [-0.2, 0) is 37.5 Å². The van der Waals surface area contributed by atoms with Crippen molar-refractivity contribution >= 4 is 55.4 Å². The first-order valence-corrected chi connectivity index (χ1v) is 23.1. The molecule has 4 N–H and O–H groups in total. The average molecular weight is 837 g/mol. The highest BCUT2D eigenvalue weighted by atomic mass is 32.2. The second kappa shape index (κ2) is 19.9. The van der Waals surface area contributed by atoms with Gasteiger partial charge in [0.25, 0.3) is 0 Å². The molecule has 2 heterocycles. The van der Waals surface area contributed by atoms with Crippen LogP contribution in [0.2, 0.25) is 0 Å². The number of anilines is 1. The number of ether oxygens (including phenoxy) is 2. The predicted molar refractivity (Wildman–Crippen MR) is 240 cm³/mol. The number of nitrogens with two attached hydrogens (primary N) is 1. The number of unbranched alkanes of at least 4 members (excludes halogenated alkanes) is 3. The molecule has 6 rings (SSSR count). The van der Waals surface area contributed by atoms with E-state index in [1.54, 1.807) is 11.8 Å². The quantitative estimate of drug-likeness (QED) is 0.0454. The Bertz CT molecular complexity index is 2310. The molecule has 13 heteroatoms. The number of fused-ring (bicyclic) bond motifs is 3. The number of rotatable bonds is 22. The Kier molecular flexibility index (Phi) is 14.7. The van der Waals surface area contributed by atoms with Gasteiger partial charge in [0.2, 0.25) is 15.9 Å². The number of benzene rings is 4. The first kappa shape index (κ1) is 43.6. The van der Waals surface area contributed by atoms with Gasteiger partial charge in [-0.1, -0.05) is 104 Å². The molecule has 1 amide bonds.